The Labute approximate surface area is 130 Å². The normalized spacial score (nSPS) is 17.9. The summed E-state index contributed by atoms with van der Waals surface area (Å²) < 4.78 is 5.17. The molecule has 2 rings (SSSR count). The van der Waals surface area contributed by atoms with Crippen molar-refractivity contribution in [2.45, 2.75) is 25.6 Å². The number of ether oxygens (including phenoxy) is 1. The number of likely N-dealkylation sites (tertiary alicyclic amines) is 1. The number of carbonyl (C=O) groups excluding carboxylic acids is 2. The number of aliphatic hydroxyl groups is 1. The van der Waals surface area contributed by atoms with Gasteiger partial charge in [0.25, 0.3) is 0 Å². The molecule has 1 heterocycles. The van der Waals surface area contributed by atoms with Crippen molar-refractivity contribution in [3.8, 4) is 0 Å². The molecule has 120 valence electrons. The van der Waals surface area contributed by atoms with E-state index in [2.05, 4.69) is 0 Å². The van der Waals surface area contributed by atoms with Crippen LogP contribution in [0.5, 0.6) is 0 Å². The number of piperidine rings is 1. The summed E-state index contributed by atoms with van der Waals surface area (Å²) in [4.78, 5) is 26.8. The van der Waals surface area contributed by atoms with Gasteiger partial charge >= 0.3 is 6.09 Å². The highest BCUT2D eigenvalue weighted by Crippen LogP contribution is 2.10. The molecule has 6 nitrogen and oxygen atoms in total. The maximum absolute atomic E-state index is 12.1. The third-order valence-electron chi connectivity index (χ3n) is 3.64. The van der Waals surface area contributed by atoms with Crippen LogP contribution in [-0.4, -0.2) is 59.7 Å². The molecule has 0 aliphatic carbocycles. The zero-order chi connectivity index (χ0) is 15.9. The molecule has 1 fully saturated rings. The summed E-state index contributed by atoms with van der Waals surface area (Å²) in [6.45, 7) is 1.11. The van der Waals surface area contributed by atoms with E-state index in [9.17, 15) is 14.7 Å². The van der Waals surface area contributed by atoms with Gasteiger partial charge in [0.05, 0.1) is 6.10 Å². The number of amides is 2. The number of rotatable bonds is 4. The quantitative estimate of drug-likeness (QED) is 0.908. The van der Waals surface area contributed by atoms with E-state index in [0.717, 1.165) is 18.4 Å². The molecule has 1 unspecified atom stereocenters. The van der Waals surface area contributed by atoms with E-state index >= 15 is 0 Å². The Morgan fingerprint density at radius 3 is 2.77 bits per heavy atom. The van der Waals surface area contributed by atoms with Crippen molar-refractivity contribution in [3.05, 3.63) is 35.9 Å². The molecule has 1 atom stereocenters. The fraction of sp³-hybridized carbons (Fsp3) is 0.500. The van der Waals surface area contributed by atoms with Gasteiger partial charge in [0.2, 0.25) is 5.91 Å². The summed E-state index contributed by atoms with van der Waals surface area (Å²) in [6, 6.07) is 9.38. The van der Waals surface area contributed by atoms with Crippen LogP contribution in [0.1, 0.15) is 18.4 Å². The molecule has 1 saturated heterocycles. The van der Waals surface area contributed by atoms with Crippen LogP contribution in [0, 0.1) is 0 Å². The molecule has 22 heavy (non-hydrogen) atoms. The second kappa shape index (κ2) is 7.79. The second-order valence-corrected chi connectivity index (χ2v) is 5.53. The highest BCUT2D eigenvalue weighted by Gasteiger charge is 2.24. The number of nitrogens with zero attached hydrogens (tertiary/aromatic N) is 2. The molecule has 0 radical (unpaired) electrons. The van der Waals surface area contributed by atoms with Gasteiger partial charge in [0.15, 0.2) is 0 Å². The Morgan fingerprint density at radius 1 is 1.36 bits per heavy atom. The third kappa shape index (κ3) is 4.73. The summed E-state index contributed by atoms with van der Waals surface area (Å²) in [5.74, 6) is -0.169. The van der Waals surface area contributed by atoms with Crippen molar-refractivity contribution < 1.29 is 19.4 Å². The van der Waals surface area contributed by atoms with E-state index in [-0.39, 0.29) is 19.1 Å². The summed E-state index contributed by atoms with van der Waals surface area (Å²) in [6.07, 6.45) is 0.510. The van der Waals surface area contributed by atoms with Gasteiger partial charge in [-0.15, -0.1) is 0 Å². The lowest BCUT2D eigenvalue weighted by atomic mass is 10.1. The first kappa shape index (κ1) is 16.3. The van der Waals surface area contributed by atoms with Crippen LogP contribution >= 0.6 is 0 Å². The average molecular weight is 306 g/mol. The molecule has 1 aromatic carbocycles. The van der Waals surface area contributed by atoms with E-state index < -0.39 is 12.2 Å². The van der Waals surface area contributed by atoms with Gasteiger partial charge in [0.1, 0.15) is 13.2 Å². The number of carbonyl (C=O) groups is 2. The topological polar surface area (TPSA) is 70.1 Å². The number of hydrogen-bond donors (Lipinski definition) is 1. The molecule has 0 saturated carbocycles. The van der Waals surface area contributed by atoms with Gasteiger partial charge in [-0.2, -0.15) is 0 Å². The highest BCUT2D eigenvalue weighted by molar-refractivity contribution is 5.82. The van der Waals surface area contributed by atoms with E-state index in [0.29, 0.717) is 13.1 Å². The van der Waals surface area contributed by atoms with Crippen LogP contribution in [0.2, 0.25) is 0 Å². The molecule has 1 aromatic rings. The van der Waals surface area contributed by atoms with Crippen LogP contribution in [-0.2, 0) is 16.1 Å². The number of aliphatic hydroxyl groups excluding tert-OH is 1. The minimum Gasteiger partial charge on any atom is -0.445 e. The molecule has 1 N–H and O–H groups in total. The van der Waals surface area contributed by atoms with E-state index in [1.54, 1.807) is 4.90 Å². The highest BCUT2D eigenvalue weighted by atomic mass is 16.6. The third-order valence-corrected chi connectivity index (χ3v) is 3.64. The van der Waals surface area contributed by atoms with Crippen molar-refractivity contribution in [2.24, 2.45) is 0 Å². The molecular formula is C16H22N2O4. The Balaban J connectivity index is 1.77. The Kier molecular flexibility index (Phi) is 5.77. The lowest BCUT2D eigenvalue weighted by Crippen LogP contribution is -2.47. The molecular weight excluding hydrogens is 284 g/mol. The van der Waals surface area contributed by atoms with Gasteiger partial charge in [-0.05, 0) is 18.4 Å². The van der Waals surface area contributed by atoms with Crippen molar-refractivity contribution in [1.82, 2.24) is 9.80 Å². The minimum absolute atomic E-state index is 0.0413. The molecule has 0 bridgehead atoms. The molecule has 0 aromatic heterocycles. The largest absolute Gasteiger partial charge is 0.445 e. The molecule has 1 aliphatic heterocycles. The van der Waals surface area contributed by atoms with Gasteiger partial charge in [0, 0.05) is 20.1 Å². The number of benzene rings is 1. The zero-order valence-corrected chi connectivity index (χ0v) is 12.8. The predicted molar refractivity (Wildman–Crippen MR) is 81.1 cm³/mol. The Hall–Kier alpha value is -2.08. The second-order valence-electron chi connectivity index (χ2n) is 5.53. The summed E-state index contributed by atoms with van der Waals surface area (Å²) in [7, 11) is 1.53. The molecule has 6 heteroatoms. The van der Waals surface area contributed by atoms with Crippen LogP contribution in [0.15, 0.2) is 30.3 Å². The zero-order valence-electron chi connectivity index (χ0n) is 12.8. The van der Waals surface area contributed by atoms with Crippen LogP contribution in [0.25, 0.3) is 0 Å². The predicted octanol–water partition coefficient (Wildman–Crippen LogP) is 1.24. The van der Waals surface area contributed by atoms with Crippen molar-refractivity contribution >= 4 is 12.0 Å². The van der Waals surface area contributed by atoms with Crippen molar-refractivity contribution in [2.75, 3.05) is 26.7 Å². The fourth-order valence-corrected chi connectivity index (χ4v) is 2.38. The minimum atomic E-state index is -0.533. The van der Waals surface area contributed by atoms with Gasteiger partial charge < -0.3 is 19.6 Å². The van der Waals surface area contributed by atoms with Crippen LogP contribution in [0.3, 0.4) is 0 Å². The number of hydrogen-bond acceptors (Lipinski definition) is 4. The lowest BCUT2D eigenvalue weighted by Gasteiger charge is -2.31. The first-order valence-corrected chi connectivity index (χ1v) is 7.44. The first-order chi connectivity index (χ1) is 10.6. The maximum Gasteiger partial charge on any atom is 0.410 e. The van der Waals surface area contributed by atoms with E-state index in [1.807, 2.05) is 30.3 Å². The summed E-state index contributed by atoms with van der Waals surface area (Å²) in [5, 5.41) is 9.58. The number of β-amino-alcohol motifs (C(OH)–C–C–N with tert-alkyl or cyclic N) is 1. The van der Waals surface area contributed by atoms with Crippen molar-refractivity contribution in [1.29, 1.82) is 0 Å². The van der Waals surface area contributed by atoms with Crippen LogP contribution in [0.4, 0.5) is 4.79 Å². The monoisotopic (exact) mass is 306 g/mol. The van der Waals surface area contributed by atoms with Gasteiger partial charge in [-0.25, -0.2) is 4.79 Å². The smallest absolute Gasteiger partial charge is 0.410 e. The van der Waals surface area contributed by atoms with E-state index in [1.165, 1.54) is 11.9 Å². The fourth-order valence-electron chi connectivity index (χ4n) is 2.38. The summed E-state index contributed by atoms with van der Waals surface area (Å²) in [5.41, 5.74) is 0.898. The molecule has 1 aliphatic rings. The van der Waals surface area contributed by atoms with Crippen molar-refractivity contribution in [3.63, 3.8) is 0 Å². The summed E-state index contributed by atoms with van der Waals surface area (Å²) >= 11 is 0. The van der Waals surface area contributed by atoms with E-state index in [4.69, 9.17) is 4.74 Å². The van der Waals surface area contributed by atoms with Gasteiger partial charge in [-0.1, -0.05) is 30.3 Å². The Morgan fingerprint density at radius 2 is 2.09 bits per heavy atom. The maximum atomic E-state index is 12.1. The number of likely N-dealkylation sites (N-methyl/N-ethyl adjacent to an activating group) is 1. The molecule has 0 spiro atoms. The molecule has 2 amide bonds. The standard InChI is InChI=1S/C16H22N2O4/c1-17(11-15(20)18-9-5-8-14(19)10-18)16(21)22-12-13-6-3-2-4-7-13/h2-4,6-7,14,19H,5,8-12H2,1H3. The Bertz CT molecular complexity index is 506. The van der Waals surface area contributed by atoms with Crippen LogP contribution < -0.4 is 0 Å². The SMILES string of the molecule is CN(CC(=O)N1CCCC(O)C1)C(=O)OCc1ccccc1. The van der Waals surface area contributed by atoms with Gasteiger partial charge in [-0.3, -0.25) is 4.79 Å². The first-order valence-electron chi connectivity index (χ1n) is 7.44. The average Bonchev–Trinajstić information content (AvgIpc) is 2.53. The lowest BCUT2D eigenvalue weighted by molar-refractivity contribution is -0.134.